The minimum Gasteiger partial charge on any atom is -0.350 e. The molecule has 3 aromatic carbocycles. The second-order valence-corrected chi connectivity index (χ2v) is 5.96. The summed E-state index contributed by atoms with van der Waals surface area (Å²) in [7, 11) is 0. The van der Waals surface area contributed by atoms with Gasteiger partial charge < -0.3 is 5.32 Å². The Morgan fingerprint density at radius 1 is 0.913 bits per heavy atom. The molecule has 0 aliphatic heterocycles. The molecule has 0 aliphatic carbocycles. The Balaban J connectivity index is 1.61. The Morgan fingerprint density at radius 2 is 1.61 bits per heavy atom. The lowest BCUT2D eigenvalue weighted by Gasteiger charge is -2.14. The van der Waals surface area contributed by atoms with Gasteiger partial charge in [-0.05, 0) is 48.2 Å². The highest BCUT2D eigenvalue weighted by Crippen LogP contribution is 2.16. The summed E-state index contributed by atoms with van der Waals surface area (Å²) >= 11 is 0. The van der Waals surface area contributed by atoms with Gasteiger partial charge in [-0.3, -0.25) is 4.79 Å². The number of carbonyl (C=O) groups is 1. The van der Waals surface area contributed by atoms with E-state index in [1.807, 2.05) is 54.6 Å². The van der Waals surface area contributed by atoms with Gasteiger partial charge in [0.25, 0.3) is 5.91 Å². The second-order valence-electron chi connectivity index (χ2n) is 5.96. The largest absolute Gasteiger partial charge is 0.350 e. The Kier molecular flexibility index (Phi) is 4.72. The average molecular weight is 303 g/mol. The van der Waals surface area contributed by atoms with Crippen molar-refractivity contribution in [3.8, 4) is 0 Å². The molecular weight excluding hydrogens is 282 g/mol. The number of fused-ring (bicyclic) bond motifs is 1. The van der Waals surface area contributed by atoms with Gasteiger partial charge in [0.15, 0.2) is 0 Å². The summed E-state index contributed by atoms with van der Waals surface area (Å²) in [4.78, 5) is 12.4. The first-order chi connectivity index (χ1) is 11.2. The summed E-state index contributed by atoms with van der Waals surface area (Å²) < 4.78 is 0. The molecule has 3 rings (SSSR count). The van der Waals surface area contributed by atoms with Crippen LogP contribution in [0.2, 0.25) is 0 Å². The molecule has 23 heavy (non-hydrogen) atoms. The normalized spacial score (nSPS) is 12.0. The van der Waals surface area contributed by atoms with Gasteiger partial charge in [-0.2, -0.15) is 0 Å². The molecule has 0 fully saturated rings. The molecule has 2 heteroatoms. The monoisotopic (exact) mass is 303 g/mol. The van der Waals surface area contributed by atoms with Crippen molar-refractivity contribution in [1.82, 2.24) is 5.32 Å². The number of hydrogen-bond donors (Lipinski definition) is 1. The highest BCUT2D eigenvalue weighted by Gasteiger charge is 2.10. The van der Waals surface area contributed by atoms with Crippen molar-refractivity contribution in [3.63, 3.8) is 0 Å². The van der Waals surface area contributed by atoms with E-state index in [-0.39, 0.29) is 11.9 Å². The first-order valence-electron chi connectivity index (χ1n) is 8.06. The van der Waals surface area contributed by atoms with Crippen molar-refractivity contribution in [3.05, 3.63) is 83.9 Å². The third kappa shape index (κ3) is 3.98. The Bertz CT molecular complexity index is 795. The molecule has 0 radical (unpaired) electrons. The number of carbonyl (C=O) groups excluding carboxylic acids is 1. The molecule has 3 aromatic rings. The van der Waals surface area contributed by atoms with E-state index in [1.54, 1.807) is 0 Å². The van der Waals surface area contributed by atoms with E-state index >= 15 is 0 Å². The van der Waals surface area contributed by atoms with Crippen LogP contribution < -0.4 is 5.32 Å². The van der Waals surface area contributed by atoms with Crippen LogP contribution in [0.1, 0.15) is 29.3 Å². The van der Waals surface area contributed by atoms with Crippen LogP contribution in [0, 0.1) is 0 Å². The van der Waals surface area contributed by atoms with E-state index in [0.717, 1.165) is 29.2 Å². The highest BCUT2D eigenvalue weighted by molar-refractivity contribution is 5.98. The van der Waals surface area contributed by atoms with Gasteiger partial charge >= 0.3 is 0 Å². The molecule has 1 atom stereocenters. The third-order valence-electron chi connectivity index (χ3n) is 4.10. The standard InChI is InChI=1S/C21H21NO/c1-16(11-12-17-7-3-2-4-8-17)22-21(23)20-14-13-18-9-5-6-10-19(18)15-20/h2-10,13-16H,11-12H2,1H3,(H,22,23)/t16-/m1/s1. The van der Waals surface area contributed by atoms with Crippen LogP contribution in [0.15, 0.2) is 72.8 Å². The molecule has 0 unspecified atom stereocenters. The summed E-state index contributed by atoms with van der Waals surface area (Å²) in [5.41, 5.74) is 2.02. The summed E-state index contributed by atoms with van der Waals surface area (Å²) in [6, 6.07) is 24.4. The molecule has 0 spiro atoms. The molecule has 0 aliphatic rings. The highest BCUT2D eigenvalue weighted by atomic mass is 16.1. The van der Waals surface area contributed by atoms with Crippen molar-refractivity contribution in [1.29, 1.82) is 0 Å². The fourth-order valence-corrected chi connectivity index (χ4v) is 2.74. The van der Waals surface area contributed by atoms with Crippen LogP contribution in [-0.2, 0) is 6.42 Å². The van der Waals surface area contributed by atoms with Crippen LogP contribution >= 0.6 is 0 Å². The number of rotatable bonds is 5. The van der Waals surface area contributed by atoms with E-state index < -0.39 is 0 Å². The number of amides is 1. The van der Waals surface area contributed by atoms with Gasteiger partial charge in [-0.1, -0.05) is 60.7 Å². The molecule has 1 amide bonds. The Morgan fingerprint density at radius 3 is 2.39 bits per heavy atom. The molecule has 2 nitrogen and oxygen atoms in total. The zero-order valence-corrected chi connectivity index (χ0v) is 13.3. The first kappa shape index (κ1) is 15.3. The van der Waals surface area contributed by atoms with E-state index in [4.69, 9.17) is 0 Å². The molecule has 0 heterocycles. The number of nitrogens with one attached hydrogen (secondary N) is 1. The van der Waals surface area contributed by atoms with Crippen LogP contribution in [0.25, 0.3) is 10.8 Å². The maximum atomic E-state index is 12.4. The summed E-state index contributed by atoms with van der Waals surface area (Å²) in [6.45, 7) is 2.06. The van der Waals surface area contributed by atoms with Crippen LogP contribution in [-0.4, -0.2) is 11.9 Å². The van der Waals surface area contributed by atoms with Crippen LogP contribution in [0.3, 0.4) is 0 Å². The molecule has 0 saturated heterocycles. The SMILES string of the molecule is C[C@H](CCc1ccccc1)NC(=O)c1ccc2ccccc2c1. The number of benzene rings is 3. The zero-order valence-electron chi connectivity index (χ0n) is 13.3. The number of hydrogen-bond acceptors (Lipinski definition) is 1. The lowest BCUT2D eigenvalue weighted by atomic mass is 10.0. The van der Waals surface area contributed by atoms with E-state index in [0.29, 0.717) is 0 Å². The van der Waals surface area contributed by atoms with Gasteiger partial charge in [0.05, 0.1) is 0 Å². The molecule has 0 aromatic heterocycles. The lowest BCUT2D eigenvalue weighted by molar-refractivity contribution is 0.0938. The fraction of sp³-hybridized carbons (Fsp3) is 0.190. The molecule has 0 bridgehead atoms. The van der Waals surface area contributed by atoms with Gasteiger partial charge in [0.1, 0.15) is 0 Å². The summed E-state index contributed by atoms with van der Waals surface area (Å²) in [6.07, 6.45) is 1.91. The summed E-state index contributed by atoms with van der Waals surface area (Å²) in [5.74, 6) is -0.00341. The van der Waals surface area contributed by atoms with Gasteiger partial charge in [0.2, 0.25) is 0 Å². The van der Waals surface area contributed by atoms with E-state index in [2.05, 4.69) is 30.4 Å². The topological polar surface area (TPSA) is 29.1 Å². The first-order valence-corrected chi connectivity index (χ1v) is 8.06. The van der Waals surface area contributed by atoms with E-state index in [1.165, 1.54) is 5.56 Å². The maximum absolute atomic E-state index is 12.4. The molecule has 0 saturated carbocycles. The molecular formula is C21H21NO. The molecule has 116 valence electrons. The van der Waals surface area contributed by atoms with E-state index in [9.17, 15) is 4.79 Å². The average Bonchev–Trinajstić information content (AvgIpc) is 2.60. The van der Waals surface area contributed by atoms with Crippen LogP contribution in [0.5, 0.6) is 0 Å². The third-order valence-corrected chi connectivity index (χ3v) is 4.10. The van der Waals surface area contributed by atoms with Crippen molar-refractivity contribution in [2.24, 2.45) is 0 Å². The van der Waals surface area contributed by atoms with Crippen molar-refractivity contribution in [2.45, 2.75) is 25.8 Å². The molecule has 1 N–H and O–H groups in total. The lowest BCUT2D eigenvalue weighted by Crippen LogP contribution is -2.32. The minimum absolute atomic E-state index is 0.00341. The Labute approximate surface area is 137 Å². The number of aryl methyl sites for hydroxylation is 1. The second kappa shape index (κ2) is 7.10. The van der Waals surface area contributed by atoms with Crippen molar-refractivity contribution < 1.29 is 4.79 Å². The van der Waals surface area contributed by atoms with Gasteiger partial charge in [-0.15, -0.1) is 0 Å². The summed E-state index contributed by atoms with van der Waals surface area (Å²) in [5, 5.41) is 5.34. The van der Waals surface area contributed by atoms with Gasteiger partial charge in [-0.25, -0.2) is 0 Å². The van der Waals surface area contributed by atoms with Crippen molar-refractivity contribution >= 4 is 16.7 Å². The predicted molar refractivity (Wildman–Crippen MR) is 95.6 cm³/mol. The van der Waals surface area contributed by atoms with Crippen LogP contribution in [0.4, 0.5) is 0 Å². The maximum Gasteiger partial charge on any atom is 0.251 e. The van der Waals surface area contributed by atoms with Crippen molar-refractivity contribution in [2.75, 3.05) is 0 Å². The Hall–Kier alpha value is -2.61. The quantitative estimate of drug-likeness (QED) is 0.734. The smallest absolute Gasteiger partial charge is 0.251 e. The predicted octanol–water partition coefficient (Wildman–Crippen LogP) is 4.59. The zero-order chi connectivity index (χ0) is 16.1. The minimum atomic E-state index is -0.00341. The fourth-order valence-electron chi connectivity index (χ4n) is 2.74. The van der Waals surface area contributed by atoms with Gasteiger partial charge in [0, 0.05) is 11.6 Å².